The Labute approximate surface area is 88.3 Å². The van der Waals surface area contributed by atoms with E-state index >= 15 is 0 Å². The molecule has 0 aliphatic heterocycles. The molecule has 1 aromatic carbocycles. The normalized spacial score (nSPS) is 13.6. The molecule has 0 spiro atoms. The Morgan fingerprint density at radius 3 is 2.50 bits per heavy atom. The molecule has 0 fully saturated rings. The third-order valence-corrected chi connectivity index (χ3v) is 3.47. The fourth-order valence-electron chi connectivity index (χ4n) is 1.04. The van der Waals surface area contributed by atoms with Gasteiger partial charge in [0, 0.05) is 21.8 Å². The maximum absolute atomic E-state index is 11.4. The fourth-order valence-corrected chi connectivity index (χ4v) is 1.71. The van der Waals surface area contributed by atoms with Crippen molar-refractivity contribution < 1.29 is 4.21 Å². The molecule has 0 aliphatic rings. The smallest absolute Gasteiger partial charge is 0.0421 e. The van der Waals surface area contributed by atoms with Gasteiger partial charge in [0.1, 0.15) is 0 Å². The molecule has 76 valence electrons. The van der Waals surface area contributed by atoms with Crippen LogP contribution in [0, 0.1) is 0 Å². The van der Waals surface area contributed by atoms with E-state index in [1.807, 2.05) is 56.3 Å². The van der Waals surface area contributed by atoms with Gasteiger partial charge < -0.3 is 0 Å². The van der Waals surface area contributed by atoms with Crippen molar-refractivity contribution >= 4 is 16.9 Å². The van der Waals surface area contributed by atoms with Gasteiger partial charge in [-0.2, -0.15) is 0 Å². The summed E-state index contributed by atoms with van der Waals surface area (Å²) in [6.45, 7) is 3.96. The average molecular weight is 208 g/mol. The number of hydrogen-bond donors (Lipinski definition) is 0. The molecular formula is C12H16OS. The predicted octanol–water partition coefficient (Wildman–Crippen LogP) is 2.86. The van der Waals surface area contributed by atoms with E-state index in [4.69, 9.17) is 0 Å². The molecule has 0 bridgehead atoms. The zero-order valence-electron chi connectivity index (χ0n) is 8.64. The molecule has 1 unspecified atom stereocenters. The van der Waals surface area contributed by atoms with Gasteiger partial charge in [-0.3, -0.25) is 4.21 Å². The van der Waals surface area contributed by atoms with Gasteiger partial charge in [-0.15, -0.1) is 0 Å². The molecular weight excluding hydrogens is 192 g/mol. The highest BCUT2D eigenvalue weighted by Crippen LogP contribution is 2.02. The number of hydrogen-bond acceptors (Lipinski definition) is 1. The fraction of sp³-hybridized carbons (Fsp3) is 0.333. The molecule has 0 N–H and O–H groups in total. The summed E-state index contributed by atoms with van der Waals surface area (Å²) in [4.78, 5) is 0. The summed E-state index contributed by atoms with van der Waals surface area (Å²) in [6.07, 6.45) is 3.99. The van der Waals surface area contributed by atoms with Crippen molar-refractivity contribution in [1.29, 1.82) is 0 Å². The summed E-state index contributed by atoms with van der Waals surface area (Å²) < 4.78 is 11.4. The Hall–Kier alpha value is -0.890. The molecule has 0 aromatic heterocycles. The van der Waals surface area contributed by atoms with Crippen molar-refractivity contribution in [3.8, 4) is 0 Å². The molecule has 1 nitrogen and oxygen atoms in total. The second-order valence-corrected chi connectivity index (χ2v) is 5.45. The van der Waals surface area contributed by atoms with Crippen molar-refractivity contribution in [3.63, 3.8) is 0 Å². The first kappa shape index (κ1) is 11.2. The summed E-state index contributed by atoms with van der Waals surface area (Å²) in [7, 11) is -0.732. The summed E-state index contributed by atoms with van der Waals surface area (Å²) in [5.41, 5.74) is 1.16. The van der Waals surface area contributed by atoms with Crippen molar-refractivity contribution in [2.75, 3.05) is 5.75 Å². The molecule has 0 saturated heterocycles. The van der Waals surface area contributed by atoms with Crippen LogP contribution in [0.3, 0.4) is 0 Å². The standard InChI is InChI=1S/C12H16OS/c1-11(2)14(13)10-6-9-12-7-4-3-5-8-12/h3-9,11H,10H2,1-2H3/b9-6+. The molecule has 0 amide bonds. The summed E-state index contributed by atoms with van der Waals surface area (Å²) >= 11 is 0. The molecule has 0 radical (unpaired) electrons. The molecule has 14 heavy (non-hydrogen) atoms. The summed E-state index contributed by atoms with van der Waals surface area (Å²) in [6, 6.07) is 10.1. The summed E-state index contributed by atoms with van der Waals surface area (Å²) in [5, 5.41) is 0.246. The highest BCUT2D eigenvalue weighted by molar-refractivity contribution is 7.85. The second-order valence-electron chi connectivity index (χ2n) is 3.41. The minimum atomic E-state index is -0.732. The quantitative estimate of drug-likeness (QED) is 0.743. The Bertz CT molecular complexity index is 314. The molecule has 0 aliphatic carbocycles. The Balaban J connectivity index is 2.46. The Morgan fingerprint density at radius 2 is 1.93 bits per heavy atom. The van der Waals surface area contributed by atoms with E-state index in [-0.39, 0.29) is 5.25 Å². The van der Waals surface area contributed by atoms with Crippen molar-refractivity contribution in [2.45, 2.75) is 19.1 Å². The first-order valence-corrected chi connectivity index (χ1v) is 6.17. The van der Waals surface area contributed by atoms with Crippen LogP contribution in [0.4, 0.5) is 0 Å². The van der Waals surface area contributed by atoms with E-state index < -0.39 is 10.8 Å². The van der Waals surface area contributed by atoms with E-state index in [2.05, 4.69) is 0 Å². The lowest BCUT2D eigenvalue weighted by molar-refractivity contribution is 0.679. The minimum absolute atomic E-state index is 0.246. The molecule has 1 atom stereocenters. The zero-order valence-corrected chi connectivity index (χ0v) is 9.46. The maximum Gasteiger partial charge on any atom is 0.0421 e. The lowest BCUT2D eigenvalue weighted by Gasteiger charge is -2.00. The van der Waals surface area contributed by atoms with Crippen LogP contribution < -0.4 is 0 Å². The van der Waals surface area contributed by atoms with Crippen LogP contribution in [0.1, 0.15) is 19.4 Å². The predicted molar refractivity (Wildman–Crippen MR) is 63.6 cm³/mol. The monoisotopic (exact) mass is 208 g/mol. The highest BCUT2D eigenvalue weighted by atomic mass is 32.2. The van der Waals surface area contributed by atoms with Crippen molar-refractivity contribution in [2.24, 2.45) is 0 Å². The van der Waals surface area contributed by atoms with E-state index in [1.54, 1.807) is 0 Å². The van der Waals surface area contributed by atoms with Gasteiger partial charge in [0.2, 0.25) is 0 Å². The molecule has 1 aromatic rings. The van der Waals surface area contributed by atoms with Gasteiger partial charge >= 0.3 is 0 Å². The molecule has 0 saturated carbocycles. The van der Waals surface area contributed by atoms with Gasteiger partial charge in [-0.25, -0.2) is 0 Å². The first-order valence-electron chi connectivity index (χ1n) is 4.79. The first-order chi connectivity index (χ1) is 6.70. The highest BCUT2D eigenvalue weighted by Gasteiger charge is 2.00. The van der Waals surface area contributed by atoms with Gasteiger partial charge in [0.15, 0.2) is 0 Å². The van der Waals surface area contributed by atoms with Crippen molar-refractivity contribution in [3.05, 3.63) is 42.0 Å². The van der Waals surface area contributed by atoms with E-state index in [9.17, 15) is 4.21 Å². The lowest BCUT2D eigenvalue weighted by Crippen LogP contribution is -2.07. The third-order valence-electron chi connectivity index (χ3n) is 1.90. The number of benzene rings is 1. The topological polar surface area (TPSA) is 17.1 Å². The largest absolute Gasteiger partial charge is 0.259 e. The molecule has 2 heteroatoms. The van der Waals surface area contributed by atoms with Gasteiger partial charge in [-0.05, 0) is 5.56 Å². The Kier molecular flexibility index (Phi) is 4.60. The van der Waals surface area contributed by atoms with Crippen LogP contribution in [0.25, 0.3) is 6.08 Å². The van der Waals surface area contributed by atoms with Crippen molar-refractivity contribution in [1.82, 2.24) is 0 Å². The SMILES string of the molecule is CC(C)S(=O)C/C=C/c1ccccc1. The van der Waals surface area contributed by atoms with Crippen LogP contribution in [-0.2, 0) is 10.8 Å². The third kappa shape index (κ3) is 3.88. The second kappa shape index (κ2) is 5.76. The maximum atomic E-state index is 11.4. The molecule has 0 heterocycles. The lowest BCUT2D eigenvalue weighted by atomic mass is 10.2. The Morgan fingerprint density at radius 1 is 1.29 bits per heavy atom. The van der Waals surface area contributed by atoms with Crippen LogP contribution in [-0.4, -0.2) is 15.2 Å². The molecule has 1 rings (SSSR count). The zero-order chi connectivity index (χ0) is 10.4. The van der Waals surface area contributed by atoms with E-state index in [0.717, 1.165) is 5.56 Å². The van der Waals surface area contributed by atoms with Gasteiger partial charge in [0.05, 0.1) is 0 Å². The van der Waals surface area contributed by atoms with Crippen LogP contribution >= 0.6 is 0 Å². The van der Waals surface area contributed by atoms with E-state index in [0.29, 0.717) is 5.75 Å². The number of rotatable bonds is 4. The summed E-state index contributed by atoms with van der Waals surface area (Å²) in [5.74, 6) is 0.645. The van der Waals surface area contributed by atoms with Gasteiger partial charge in [-0.1, -0.05) is 56.3 Å². The van der Waals surface area contributed by atoms with Gasteiger partial charge in [0.25, 0.3) is 0 Å². The van der Waals surface area contributed by atoms with Crippen LogP contribution in [0.5, 0.6) is 0 Å². The van der Waals surface area contributed by atoms with Crippen LogP contribution in [0.2, 0.25) is 0 Å². The minimum Gasteiger partial charge on any atom is -0.259 e. The van der Waals surface area contributed by atoms with Crippen LogP contribution in [0.15, 0.2) is 36.4 Å². The average Bonchev–Trinajstić information content (AvgIpc) is 2.19. The van der Waals surface area contributed by atoms with E-state index in [1.165, 1.54) is 0 Å².